The molecule has 0 fully saturated rings. The first-order valence-electron chi connectivity index (χ1n) is 4.22. The van der Waals surface area contributed by atoms with E-state index in [0.717, 1.165) is 15.7 Å². The molecule has 1 aromatic heterocycles. The molecule has 0 spiro atoms. The molecule has 0 bridgehead atoms. The molecule has 1 unspecified atom stereocenters. The van der Waals surface area contributed by atoms with Crippen LogP contribution in [0.15, 0.2) is 25.3 Å². The largest absolute Gasteiger partial charge is 0.303 e. The van der Waals surface area contributed by atoms with Gasteiger partial charge in [-0.05, 0) is 26.6 Å². The quantitative estimate of drug-likeness (QED) is 0.591. The van der Waals surface area contributed by atoms with E-state index in [2.05, 4.69) is 24.2 Å². The second-order valence-electron chi connectivity index (χ2n) is 2.86. The number of nitrogens with zero attached hydrogens (tertiary/aromatic N) is 2. The van der Waals surface area contributed by atoms with E-state index in [-0.39, 0.29) is 0 Å². The van der Waals surface area contributed by atoms with Crippen molar-refractivity contribution < 1.29 is 0 Å². The highest BCUT2D eigenvalue weighted by Gasteiger charge is 2.05. The Hall–Kier alpha value is -0.440. The molecular formula is C9H13N2PS2. The standard InChI is InChI=1S/C9H13N2PS2/c1-4-6-10-8(13)11(7-5-2)12(3)9(10)14/h4-5H,1-2,6-7H2,3H3. The molecule has 0 aliphatic heterocycles. The highest BCUT2D eigenvalue weighted by Crippen LogP contribution is 2.27. The Balaban J connectivity index is 3.40. The fraction of sp³-hybridized carbons (Fsp3) is 0.333. The summed E-state index contributed by atoms with van der Waals surface area (Å²) in [5, 5.41) is 0. The van der Waals surface area contributed by atoms with Gasteiger partial charge in [-0.2, -0.15) is 0 Å². The molecule has 0 N–H and O–H groups in total. The normalized spacial score (nSPS) is 11.4. The van der Waals surface area contributed by atoms with Crippen molar-refractivity contribution in [1.29, 1.82) is 0 Å². The fourth-order valence-electron chi connectivity index (χ4n) is 1.24. The van der Waals surface area contributed by atoms with E-state index in [1.807, 2.05) is 16.7 Å². The van der Waals surface area contributed by atoms with Crippen molar-refractivity contribution in [2.45, 2.75) is 13.1 Å². The first-order chi connectivity index (χ1) is 6.63. The van der Waals surface area contributed by atoms with E-state index >= 15 is 0 Å². The van der Waals surface area contributed by atoms with Crippen LogP contribution in [0.5, 0.6) is 0 Å². The lowest BCUT2D eigenvalue weighted by atomic mass is 10.6. The first kappa shape index (κ1) is 11.6. The van der Waals surface area contributed by atoms with Crippen LogP contribution in [0.3, 0.4) is 0 Å². The van der Waals surface area contributed by atoms with Crippen LogP contribution in [0.25, 0.3) is 0 Å². The van der Waals surface area contributed by atoms with Gasteiger partial charge in [-0.15, -0.1) is 13.2 Å². The minimum absolute atomic E-state index is 0.455. The Kier molecular flexibility index (Phi) is 4.05. The number of aromatic nitrogens is 2. The molecule has 0 amide bonds. The molecule has 1 aromatic rings. The Bertz CT molecular complexity index is 464. The van der Waals surface area contributed by atoms with Crippen molar-refractivity contribution in [3.05, 3.63) is 34.5 Å². The second kappa shape index (κ2) is 4.87. The van der Waals surface area contributed by atoms with Gasteiger partial charge in [0.25, 0.3) is 0 Å². The molecule has 1 atom stereocenters. The highest BCUT2D eigenvalue weighted by atomic mass is 32.1. The Morgan fingerprint density at radius 1 is 1.29 bits per heavy atom. The number of allylic oxidation sites excluding steroid dienone is 2. The van der Waals surface area contributed by atoms with Gasteiger partial charge >= 0.3 is 0 Å². The summed E-state index contributed by atoms with van der Waals surface area (Å²) in [4.78, 5) is 0. The molecular weight excluding hydrogens is 231 g/mol. The summed E-state index contributed by atoms with van der Waals surface area (Å²) in [6.45, 7) is 11.0. The third kappa shape index (κ3) is 1.97. The van der Waals surface area contributed by atoms with Gasteiger partial charge in [-0.3, -0.25) is 0 Å². The van der Waals surface area contributed by atoms with Crippen molar-refractivity contribution in [3.8, 4) is 0 Å². The Morgan fingerprint density at radius 3 is 2.36 bits per heavy atom. The highest BCUT2D eigenvalue weighted by molar-refractivity contribution is 7.76. The van der Waals surface area contributed by atoms with Crippen LogP contribution in [-0.4, -0.2) is 8.90 Å². The van der Waals surface area contributed by atoms with Crippen LogP contribution in [0.4, 0.5) is 0 Å². The number of hydrogen-bond acceptors (Lipinski definition) is 2. The minimum Gasteiger partial charge on any atom is -0.303 e. The van der Waals surface area contributed by atoms with Crippen molar-refractivity contribution in [2.75, 3.05) is 0 Å². The Morgan fingerprint density at radius 2 is 1.86 bits per heavy atom. The van der Waals surface area contributed by atoms with E-state index in [4.69, 9.17) is 24.4 Å². The van der Waals surface area contributed by atoms with E-state index < -0.39 is 7.69 Å². The van der Waals surface area contributed by atoms with E-state index in [0.29, 0.717) is 6.54 Å². The molecule has 0 aliphatic carbocycles. The van der Waals surface area contributed by atoms with Crippen LogP contribution in [0, 0.1) is 9.14 Å². The zero-order valence-electron chi connectivity index (χ0n) is 8.14. The van der Waals surface area contributed by atoms with Crippen LogP contribution < -0.4 is 0 Å². The van der Waals surface area contributed by atoms with Crippen molar-refractivity contribution >= 4 is 32.1 Å². The molecule has 1 rings (SSSR count). The predicted octanol–water partition coefficient (Wildman–Crippen LogP) is 3.64. The number of rotatable bonds is 4. The molecule has 0 aliphatic rings. The van der Waals surface area contributed by atoms with Crippen LogP contribution >= 0.6 is 32.1 Å². The lowest BCUT2D eigenvalue weighted by Gasteiger charge is -1.99. The van der Waals surface area contributed by atoms with Crippen LogP contribution in [-0.2, 0) is 19.8 Å². The topological polar surface area (TPSA) is 9.86 Å². The molecule has 0 aromatic carbocycles. The van der Waals surface area contributed by atoms with E-state index in [9.17, 15) is 0 Å². The van der Waals surface area contributed by atoms with Gasteiger partial charge in [-0.25, -0.2) is 0 Å². The molecule has 0 radical (unpaired) electrons. The summed E-state index contributed by atoms with van der Waals surface area (Å²) >= 11 is 10.7. The molecule has 2 nitrogen and oxygen atoms in total. The van der Waals surface area contributed by atoms with Crippen LogP contribution in [0.1, 0.15) is 0 Å². The fourth-order valence-corrected chi connectivity index (χ4v) is 3.88. The SMILES string of the molecule is C=CCn1c(=S)n(CC=C)p(C)c1=S. The second-order valence-corrected chi connectivity index (χ2v) is 5.87. The lowest BCUT2D eigenvalue weighted by Crippen LogP contribution is -1.98. The third-order valence-corrected chi connectivity index (χ3v) is 5.40. The van der Waals surface area contributed by atoms with Gasteiger partial charge in [-0.1, -0.05) is 24.4 Å². The predicted molar refractivity (Wildman–Crippen MR) is 68.2 cm³/mol. The lowest BCUT2D eigenvalue weighted by molar-refractivity contribution is 0.741. The van der Waals surface area contributed by atoms with Crippen LogP contribution in [0.2, 0.25) is 0 Å². The number of hydrogen-bond donors (Lipinski definition) is 0. The smallest absolute Gasteiger partial charge is 0.184 e. The van der Waals surface area contributed by atoms with Crippen molar-refractivity contribution in [1.82, 2.24) is 8.90 Å². The van der Waals surface area contributed by atoms with Crippen molar-refractivity contribution in [2.24, 2.45) is 6.66 Å². The van der Waals surface area contributed by atoms with Crippen molar-refractivity contribution in [3.63, 3.8) is 0 Å². The molecule has 1 heterocycles. The molecule has 76 valence electrons. The summed E-state index contributed by atoms with van der Waals surface area (Å²) in [5.41, 5.74) is 0. The summed E-state index contributed by atoms with van der Waals surface area (Å²) in [5.74, 6) is 0. The first-order valence-corrected chi connectivity index (χ1v) is 6.77. The third-order valence-electron chi connectivity index (χ3n) is 1.94. The van der Waals surface area contributed by atoms with Gasteiger partial charge in [0, 0.05) is 13.1 Å². The maximum Gasteiger partial charge on any atom is 0.184 e. The molecule has 5 heteroatoms. The monoisotopic (exact) mass is 244 g/mol. The zero-order valence-corrected chi connectivity index (χ0v) is 10.7. The molecule has 0 saturated heterocycles. The zero-order chi connectivity index (χ0) is 10.7. The van der Waals surface area contributed by atoms with Gasteiger partial charge in [0.2, 0.25) is 0 Å². The Labute approximate surface area is 95.3 Å². The van der Waals surface area contributed by atoms with E-state index in [1.54, 1.807) is 0 Å². The maximum absolute atomic E-state index is 5.34. The van der Waals surface area contributed by atoms with Gasteiger partial charge in [0.1, 0.15) is 4.37 Å². The van der Waals surface area contributed by atoms with Gasteiger partial charge in [0.15, 0.2) is 4.77 Å². The van der Waals surface area contributed by atoms with E-state index in [1.165, 1.54) is 0 Å². The summed E-state index contributed by atoms with van der Waals surface area (Å²) in [7, 11) is -0.455. The average Bonchev–Trinajstić information content (AvgIpc) is 2.36. The molecule has 0 saturated carbocycles. The molecule has 14 heavy (non-hydrogen) atoms. The summed E-state index contributed by atoms with van der Waals surface area (Å²) in [6, 6.07) is 0. The maximum atomic E-state index is 5.34. The van der Waals surface area contributed by atoms with Gasteiger partial charge < -0.3 is 8.90 Å². The summed E-state index contributed by atoms with van der Waals surface area (Å²) < 4.78 is 5.84. The van der Waals surface area contributed by atoms with Gasteiger partial charge in [0.05, 0.1) is 0 Å². The average molecular weight is 244 g/mol. The minimum atomic E-state index is -0.455. The summed E-state index contributed by atoms with van der Waals surface area (Å²) in [6.07, 6.45) is 3.67.